The SMILES string of the molecule is CCC(C)n1c(=O)n(C)c(=O)c2[nH]c(NCCCO)nc21. The number of hydrogen-bond acceptors (Lipinski definition) is 5. The molecule has 0 aliphatic carbocycles. The maximum Gasteiger partial charge on any atom is 0.332 e. The van der Waals surface area contributed by atoms with E-state index in [-0.39, 0.29) is 18.3 Å². The van der Waals surface area contributed by atoms with Crippen LogP contribution in [0.5, 0.6) is 0 Å². The molecule has 0 saturated carbocycles. The number of imidazole rings is 1. The molecule has 8 heteroatoms. The molecule has 3 N–H and O–H groups in total. The fourth-order valence-electron chi connectivity index (χ4n) is 2.14. The summed E-state index contributed by atoms with van der Waals surface area (Å²) in [5, 5.41) is 11.8. The molecule has 1 unspecified atom stereocenters. The minimum absolute atomic E-state index is 0.0552. The Hall–Kier alpha value is -2.09. The predicted octanol–water partition coefficient (Wildman–Crippen LogP) is 0.189. The van der Waals surface area contributed by atoms with Crippen molar-refractivity contribution < 1.29 is 5.11 Å². The zero-order valence-corrected chi connectivity index (χ0v) is 12.5. The van der Waals surface area contributed by atoms with Gasteiger partial charge in [0.05, 0.1) is 0 Å². The number of aliphatic hydroxyl groups is 1. The van der Waals surface area contributed by atoms with Crippen molar-refractivity contribution in [1.29, 1.82) is 0 Å². The topological polar surface area (TPSA) is 105 Å². The fourth-order valence-corrected chi connectivity index (χ4v) is 2.14. The minimum atomic E-state index is -0.391. The number of anilines is 1. The average Bonchev–Trinajstić information content (AvgIpc) is 2.89. The van der Waals surface area contributed by atoms with Crippen molar-refractivity contribution in [2.75, 3.05) is 18.5 Å². The summed E-state index contributed by atoms with van der Waals surface area (Å²) in [6, 6.07) is -0.0552. The Balaban J connectivity index is 2.60. The summed E-state index contributed by atoms with van der Waals surface area (Å²) >= 11 is 0. The van der Waals surface area contributed by atoms with Gasteiger partial charge in [-0.2, -0.15) is 4.98 Å². The van der Waals surface area contributed by atoms with Crippen molar-refractivity contribution in [3.8, 4) is 0 Å². The van der Waals surface area contributed by atoms with E-state index in [0.717, 1.165) is 11.0 Å². The van der Waals surface area contributed by atoms with Crippen molar-refractivity contribution >= 4 is 17.1 Å². The number of aromatic nitrogens is 4. The largest absolute Gasteiger partial charge is 0.396 e. The van der Waals surface area contributed by atoms with Gasteiger partial charge in [-0.15, -0.1) is 0 Å². The van der Waals surface area contributed by atoms with Gasteiger partial charge < -0.3 is 15.4 Å². The van der Waals surface area contributed by atoms with E-state index < -0.39 is 5.56 Å². The first kappa shape index (κ1) is 15.3. The Morgan fingerprint density at radius 2 is 2.14 bits per heavy atom. The quantitative estimate of drug-likeness (QED) is 0.660. The highest BCUT2D eigenvalue weighted by molar-refractivity contribution is 5.72. The van der Waals surface area contributed by atoms with E-state index >= 15 is 0 Å². The van der Waals surface area contributed by atoms with E-state index in [1.807, 2.05) is 13.8 Å². The van der Waals surface area contributed by atoms with Gasteiger partial charge in [-0.1, -0.05) is 6.92 Å². The molecule has 0 bridgehead atoms. The van der Waals surface area contributed by atoms with Crippen LogP contribution in [0.25, 0.3) is 11.2 Å². The predicted molar refractivity (Wildman–Crippen MR) is 80.8 cm³/mol. The van der Waals surface area contributed by atoms with E-state index in [9.17, 15) is 9.59 Å². The highest BCUT2D eigenvalue weighted by Gasteiger charge is 2.18. The molecule has 2 rings (SSSR count). The molecule has 1 atom stereocenters. The van der Waals surface area contributed by atoms with Crippen molar-refractivity contribution in [3.63, 3.8) is 0 Å². The lowest BCUT2D eigenvalue weighted by Crippen LogP contribution is -2.39. The molecule has 2 aromatic heterocycles. The Labute approximate surface area is 121 Å². The van der Waals surface area contributed by atoms with Crippen LogP contribution in [0.1, 0.15) is 32.7 Å². The van der Waals surface area contributed by atoms with E-state index in [4.69, 9.17) is 5.11 Å². The van der Waals surface area contributed by atoms with Crippen molar-refractivity contribution in [3.05, 3.63) is 20.8 Å². The summed E-state index contributed by atoms with van der Waals surface area (Å²) in [6.45, 7) is 4.50. The third-order valence-electron chi connectivity index (χ3n) is 3.58. The van der Waals surface area contributed by atoms with Crippen LogP contribution in [-0.2, 0) is 7.05 Å². The van der Waals surface area contributed by atoms with Crippen LogP contribution >= 0.6 is 0 Å². The number of nitrogens with one attached hydrogen (secondary N) is 2. The van der Waals surface area contributed by atoms with Gasteiger partial charge in [-0.05, 0) is 19.8 Å². The van der Waals surface area contributed by atoms with Crippen molar-refractivity contribution in [2.45, 2.75) is 32.7 Å². The minimum Gasteiger partial charge on any atom is -0.396 e. The summed E-state index contributed by atoms with van der Waals surface area (Å²) < 4.78 is 2.62. The second kappa shape index (κ2) is 6.13. The second-order valence-electron chi connectivity index (χ2n) is 5.06. The highest BCUT2D eigenvalue weighted by atomic mass is 16.3. The number of aromatic amines is 1. The summed E-state index contributed by atoms with van der Waals surface area (Å²) in [4.78, 5) is 31.7. The molecular formula is C13H21N5O3. The maximum absolute atomic E-state index is 12.3. The van der Waals surface area contributed by atoms with E-state index in [1.54, 1.807) is 0 Å². The van der Waals surface area contributed by atoms with Gasteiger partial charge in [-0.25, -0.2) is 4.79 Å². The third kappa shape index (κ3) is 2.71. The lowest BCUT2D eigenvalue weighted by atomic mass is 10.2. The maximum atomic E-state index is 12.3. The van der Waals surface area contributed by atoms with E-state index in [1.165, 1.54) is 11.6 Å². The van der Waals surface area contributed by atoms with Crippen LogP contribution in [0.3, 0.4) is 0 Å². The monoisotopic (exact) mass is 295 g/mol. The number of hydrogen-bond donors (Lipinski definition) is 3. The summed E-state index contributed by atoms with van der Waals surface area (Å²) in [5.74, 6) is 0.429. The van der Waals surface area contributed by atoms with Gasteiger partial charge >= 0.3 is 5.69 Å². The zero-order valence-electron chi connectivity index (χ0n) is 12.5. The zero-order chi connectivity index (χ0) is 15.6. The van der Waals surface area contributed by atoms with Gasteiger partial charge in [0.25, 0.3) is 5.56 Å². The first-order valence-electron chi connectivity index (χ1n) is 7.07. The number of aliphatic hydroxyl groups excluding tert-OH is 1. The highest BCUT2D eigenvalue weighted by Crippen LogP contribution is 2.15. The van der Waals surface area contributed by atoms with Crippen molar-refractivity contribution in [1.82, 2.24) is 19.1 Å². The summed E-state index contributed by atoms with van der Waals surface area (Å²) in [6.07, 6.45) is 1.33. The number of fused-ring (bicyclic) bond motifs is 1. The van der Waals surface area contributed by atoms with Crippen LogP contribution < -0.4 is 16.6 Å². The molecule has 0 aliphatic rings. The van der Waals surface area contributed by atoms with Gasteiger partial charge in [0.15, 0.2) is 11.2 Å². The van der Waals surface area contributed by atoms with E-state index in [2.05, 4.69) is 15.3 Å². The third-order valence-corrected chi connectivity index (χ3v) is 3.58. The molecule has 0 aliphatic heterocycles. The normalized spacial score (nSPS) is 12.8. The molecule has 2 aromatic rings. The lowest BCUT2D eigenvalue weighted by Gasteiger charge is -2.14. The Bertz CT molecular complexity index is 743. The lowest BCUT2D eigenvalue weighted by molar-refractivity contribution is 0.292. The van der Waals surface area contributed by atoms with Gasteiger partial charge in [-0.3, -0.25) is 13.9 Å². The molecule has 0 spiro atoms. The summed E-state index contributed by atoms with van der Waals surface area (Å²) in [7, 11) is 1.46. The first-order chi connectivity index (χ1) is 10.0. The number of H-pyrrole nitrogens is 1. The van der Waals surface area contributed by atoms with Gasteiger partial charge in [0.2, 0.25) is 5.95 Å². The molecule has 0 aromatic carbocycles. The number of rotatable bonds is 6. The van der Waals surface area contributed by atoms with Crippen LogP contribution in [0.4, 0.5) is 5.95 Å². The van der Waals surface area contributed by atoms with Gasteiger partial charge in [0, 0.05) is 26.2 Å². The molecule has 8 nitrogen and oxygen atoms in total. The Morgan fingerprint density at radius 3 is 2.76 bits per heavy atom. The molecule has 0 fully saturated rings. The van der Waals surface area contributed by atoms with E-state index in [0.29, 0.717) is 30.1 Å². The van der Waals surface area contributed by atoms with Crippen LogP contribution in [0.2, 0.25) is 0 Å². The first-order valence-corrected chi connectivity index (χ1v) is 7.07. The second-order valence-corrected chi connectivity index (χ2v) is 5.06. The molecule has 2 heterocycles. The average molecular weight is 295 g/mol. The number of nitrogens with zero attached hydrogens (tertiary/aromatic N) is 3. The fraction of sp³-hybridized carbons (Fsp3) is 0.615. The molecule has 0 radical (unpaired) electrons. The molecule has 116 valence electrons. The van der Waals surface area contributed by atoms with Crippen LogP contribution in [-0.4, -0.2) is 37.4 Å². The van der Waals surface area contributed by atoms with Gasteiger partial charge in [0.1, 0.15) is 0 Å². The molecule has 21 heavy (non-hydrogen) atoms. The summed E-state index contributed by atoms with van der Waals surface area (Å²) in [5.41, 5.74) is -0.0830. The molecular weight excluding hydrogens is 274 g/mol. The Morgan fingerprint density at radius 1 is 1.43 bits per heavy atom. The van der Waals surface area contributed by atoms with Crippen LogP contribution in [0.15, 0.2) is 9.59 Å². The van der Waals surface area contributed by atoms with Crippen LogP contribution in [0, 0.1) is 0 Å². The standard InChI is InChI=1S/C13H21N5O3/c1-4-8(2)18-10-9(11(20)17(3)13(18)21)15-12(16-10)14-6-5-7-19/h8,19H,4-7H2,1-3H3,(H2,14,15,16). The molecule has 0 saturated heterocycles. The molecule has 0 amide bonds. The Kier molecular flexibility index (Phi) is 4.46. The van der Waals surface area contributed by atoms with Crippen molar-refractivity contribution in [2.24, 2.45) is 7.05 Å². The smallest absolute Gasteiger partial charge is 0.332 e.